The number of nitrogens with one attached hydrogen (secondary N) is 1. The lowest BCUT2D eigenvalue weighted by Gasteiger charge is -2.35. The van der Waals surface area contributed by atoms with Crippen LogP contribution in [0.4, 0.5) is 0 Å². The molecule has 1 N–H and O–H groups in total. The fourth-order valence-corrected chi connectivity index (χ4v) is 2.40. The van der Waals surface area contributed by atoms with Gasteiger partial charge in [0.15, 0.2) is 0 Å². The molecule has 0 radical (unpaired) electrons. The summed E-state index contributed by atoms with van der Waals surface area (Å²) in [6, 6.07) is 8.70. The number of cyclic esters (lactones) is 2. The van der Waals surface area contributed by atoms with Crippen molar-refractivity contribution in [2.75, 3.05) is 6.61 Å². The van der Waals surface area contributed by atoms with E-state index in [0.717, 1.165) is 5.56 Å². The molecule has 6 nitrogen and oxygen atoms in total. The number of carbonyl (C=O) groups is 3. The molecule has 1 heterocycles. The molecule has 2 rings (SSSR count). The first-order chi connectivity index (χ1) is 10.5. The molecule has 0 bridgehead atoms. The van der Waals surface area contributed by atoms with E-state index in [9.17, 15) is 14.4 Å². The standard InChI is InChI=1S/C16H19NO5/c1-3-21-14(19)16(10-9-12-7-5-4-6-8-12)15(20)22-13(18)11(2)17-16/h4-8,11,17H,3,9-10H2,1-2H3. The Kier molecular flexibility index (Phi) is 4.92. The molecule has 1 fully saturated rings. The van der Waals surface area contributed by atoms with Crippen LogP contribution in [0.2, 0.25) is 0 Å². The molecule has 1 saturated heterocycles. The molecule has 2 atom stereocenters. The Bertz CT molecular complexity index is 571. The van der Waals surface area contributed by atoms with Gasteiger partial charge >= 0.3 is 17.9 Å². The van der Waals surface area contributed by atoms with Gasteiger partial charge in [0.1, 0.15) is 6.04 Å². The topological polar surface area (TPSA) is 81.7 Å². The van der Waals surface area contributed by atoms with Crippen LogP contribution in [-0.4, -0.2) is 36.1 Å². The van der Waals surface area contributed by atoms with Crippen molar-refractivity contribution in [2.24, 2.45) is 0 Å². The van der Waals surface area contributed by atoms with E-state index in [1.807, 2.05) is 30.3 Å². The zero-order valence-electron chi connectivity index (χ0n) is 12.6. The number of ether oxygens (including phenoxy) is 2. The van der Waals surface area contributed by atoms with Crippen molar-refractivity contribution in [1.29, 1.82) is 0 Å². The summed E-state index contributed by atoms with van der Waals surface area (Å²) in [6.45, 7) is 3.35. The van der Waals surface area contributed by atoms with Crippen LogP contribution in [0.1, 0.15) is 25.8 Å². The highest BCUT2D eigenvalue weighted by Crippen LogP contribution is 2.23. The van der Waals surface area contributed by atoms with Crippen molar-refractivity contribution in [3.05, 3.63) is 35.9 Å². The quantitative estimate of drug-likeness (QED) is 0.645. The lowest BCUT2D eigenvalue weighted by Crippen LogP contribution is -2.67. The van der Waals surface area contributed by atoms with Crippen molar-refractivity contribution in [2.45, 2.75) is 38.3 Å². The average Bonchev–Trinajstić information content (AvgIpc) is 2.51. The fraction of sp³-hybridized carbons (Fsp3) is 0.438. The van der Waals surface area contributed by atoms with Gasteiger partial charge in [-0.25, -0.2) is 14.4 Å². The lowest BCUT2D eigenvalue weighted by molar-refractivity contribution is -0.179. The van der Waals surface area contributed by atoms with E-state index in [1.54, 1.807) is 13.8 Å². The number of aryl methyl sites for hydroxylation is 1. The Labute approximate surface area is 128 Å². The largest absolute Gasteiger partial charge is 0.464 e. The highest BCUT2D eigenvalue weighted by atomic mass is 16.6. The summed E-state index contributed by atoms with van der Waals surface area (Å²) in [5, 5.41) is 2.79. The molecule has 1 aliphatic rings. The molecule has 0 spiro atoms. The van der Waals surface area contributed by atoms with Gasteiger partial charge in [0, 0.05) is 0 Å². The van der Waals surface area contributed by atoms with Gasteiger partial charge in [0.05, 0.1) is 6.61 Å². The lowest BCUT2D eigenvalue weighted by atomic mass is 9.89. The third-order valence-electron chi connectivity index (χ3n) is 3.61. The van der Waals surface area contributed by atoms with Crippen molar-refractivity contribution < 1.29 is 23.9 Å². The van der Waals surface area contributed by atoms with E-state index in [2.05, 4.69) is 5.32 Å². The monoisotopic (exact) mass is 305 g/mol. The van der Waals surface area contributed by atoms with Crippen LogP contribution < -0.4 is 5.32 Å². The highest BCUT2D eigenvalue weighted by molar-refractivity contribution is 6.10. The number of benzene rings is 1. The normalized spacial score (nSPS) is 24.7. The second-order valence-corrected chi connectivity index (χ2v) is 5.19. The molecule has 6 heteroatoms. The third-order valence-corrected chi connectivity index (χ3v) is 3.61. The number of carbonyl (C=O) groups excluding carboxylic acids is 3. The second kappa shape index (κ2) is 6.70. The number of hydrogen-bond acceptors (Lipinski definition) is 6. The third kappa shape index (κ3) is 3.17. The van der Waals surface area contributed by atoms with Crippen molar-refractivity contribution in [3.63, 3.8) is 0 Å². The molecule has 1 aromatic carbocycles. The van der Waals surface area contributed by atoms with Crippen LogP contribution in [0, 0.1) is 0 Å². The van der Waals surface area contributed by atoms with Crippen LogP contribution >= 0.6 is 0 Å². The molecule has 118 valence electrons. The van der Waals surface area contributed by atoms with Gasteiger partial charge in [-0.3, -0.25) is 5.32 Å². The first-order valence-electron chi connectivity index (χ1n) is 7.24. The van der Waals surface area contributed by atoms with E-state index in [0.29, 0.717) is 6.42 Å². The highest BCUT2D eigenvalue weighted by Gasteiger charge is 2.54. The van der Waals surface area contributed by atoms with Gasteiger partial charge in [0.25, 0.3) is 0 Å². The Morgan fingerprint density at radius 1 is 1.32 bits per heavy atom. The molecule has 2 unspecified atom stereocenters. The summed E-state index contributed by atoms with van der Waals surface area (Å²) in [7, 11) is 0. The summed E-state index contributed by atoms with van der Waals surface area (Å²) in [5.41, 5.74) is -0.663. The van der Waals surface area contributed by atoms with Crippen molar-refractivity contribution >= 4 is 17.9 Å². The zero-order valence-corrected chi connectivity index (χ0v) is 12.6. The molecule has 22 heavy (non-hydrogen) atoms. The van der Waals surface area contributed by atoms with Crippen LogP contribution in [0.3, 0.4) is 0 Å². The summed E-state index contributed by atoms with van der Waals surface area (Å²) in [5.74, 6) is -2.30. The number of esters is 3. The number of hydrogen-bond donors (Lipinski definition) is 1. The maximum atomic E-state index is 12.3. The van der Waals surface area contributed by atoms with E-state index in [4.69, 9.17) is 9.47 Å². The minimum Gasteiger partial charge on any atom is -0.464 e. The first-order valence-corrected chi connectivity index (χ1v) is 7.24. The first kappa shape index (κ1) is 16.2. The molecular weight excluding hydrogens is 286 g/mol. The predicted molar refractivity (Wildman–Crippen MR) is 77.8 cm³/mol. The predicted octanol–water partition coefficient (Wildman–Crippen LogP) is 0.983. The maximum absolute atomic E-state index is 12.3. The molecule has 0 aromatic heterocycles. The van der Waals surface area contributed by atoms with E-state index in [1.165, 1.54) is 0 Å². The number of rotatable bonds is 5. The van der Waals surface area contributed by atoms with Gasteiger partial charge in [-0.05, 0) is 32.3 Å². The van der Waals surface area contributed by atoms with E-state index in [-0.39, 0.29) is 13.0 Å². The molecule has 0 saturated carbocycles. The Balaban J connectivity index is 2.24. The minimum absolute atomic E-state index is 0.142. The van der Waals surface area contributed by atoms with Crippen LogP contribution in [0.5, 0.6) is 0 Å². The van der Waals surface area contributed by atoms with E-state index < -0.39 is 29.5 Å². The molecular formula is C16H19NO5. The van der Waals surface area contributed by atoms with Crippen LogP contribution in [0.15, 0.2) is 30.3 Å². The zero-order chi connectivity index (χ0) is 16.2. The number of morpholine rings is 1. The molecule has 1 aliphatic heterocycles. The van der Waals surface area contributed by atoms with Gasteiger partial charge in [-0.2, -0.15) is 0 Å². The smallest absolute Gasteiger partial charge is 0.345 e. The van der Waals surface area contributed by atoms with Crippen LogP contribution in [-0.2, 0) is 30.3 Å². The fourth-order valence-electron chi connectivity index (χ4n) is 2.40. The average molecular weight is 305 g/mol. The van der Waals surface area contributed by atoms with Gasteiger partial charge < -0.3 is 9.47 Å². The molecule has 1 aromatic rings. The van der Waals surface area contributed by atoms with Crippen molar-refractivity contribution in [1.82, 2.24) is 5.32 Å². The van der Waals surface area contributed by atoms with E-state index >= 15 is 0 Å². The second-order valence-electron chi connectivity index (χ2n) is 5.19. The van der Waals surface area contributed by atoms with Crippen LogP contribution in [0.25, 0.3) is 0 Å². The SMILES string of the molecule is CCOC(=O)C1(CCc2ccccc2)NC(C)C(=O)OC1=O. The Morgan fingerprint density at radius 3 is 2.64 bits per heavy atom. The summed E-state index contributed by atoms with van der Waals surface area (Å²) >= 11 is 0. The minimum atomic E-state index is -1.64. The Morgan fingerprint density at radius 2 is 2.00 bits per heavy atom. The summed E-state index contributed by atoms with van der Waals surface area (Å²) in [6.07, 6.45) is 0.634. The molecule has 0 amide bonds. The Hall–Kier alpha value is -2.21. The molecule has 0 aliphatic carbocycles. The summed E-state index contributed by atoms with van der Waals surface area (Å²) < 4.78 is 9.74. The summed E-state index contributed by atoms with van der Waals surface area (Å²) in [4.78, 5) is 36.0. The van der Waals surface area contributed by atoms with Gasteiger partial charge in [0.2, 0.25) is 5.54 Å². The van der Waals surface area contributed by atoms with Gasteiger partial charge in [-0.15, -0.1) is 0 Å². The van der Waals surface area contributed by atoms with Crippen molar-refractivity contribution in [3.8, 4) is 0 Å². The maximum Gasteiger partial charge on any atom is 0.345 e. The van der Waals surface area contributed by atoms with Gasteiger partial charge in [-0.1, -0.05) is 30.3 Å².